The van der Waals surface area contributed by atoms with Crippen LogP contribution in [0.15, 0.2) is 16.7 Å². The Morgan fingerprint density at radius 2 is 2.33 bits per heavy atom. The third-order valence-corrected chi connectivity index (χ3v) is 3.49. The Morgan fingerprint density at radius 1 is 1.47 bits per heavy atom. The van der Waals surface area contributed by atoms with E-state index in [-0.39, 0.29) is 0 Å². The van der Waals surface area contributed by atoms with Gasteiger partial charge in [-0.1, -0.05) is 13.3 Å². The van der Waals surface area contributed by atoms with Crippen molar-refractivity contribution >= 4 is 0 Å². The Balaban J connectivity index is 1.69. The first-order valence-corrected chi connectivity index (χ1v) is 5.99. The SMILES string of the molecule is Cc1ccoc1CNCC1CCC(C)C1. The average molecular weight is 207 g/mol. The van der Waals surface area contributed by atoms with Gasteiger partial charge in [0.2, 0.25) is 0 Å². The van der Waals surface area contributed by atoms with Gasteiger partial charge in [0.15, 0.2) is 0 Å². The highest BCUT2D eigenvalue weighted by molar-refractivity contribution is 5.14. The van der Waals surface area contributed by atoms with Crippen LogP contribution >= 0.6 is 0 Å². The van der Waals surface area contributed by atoms with Gasteiger partial charge < -0.3 is 9.73 Å². The lowest BCUT2D eigenvalue weighted by Gasteiger charge is -2.10. The first kappa shape index (κ1) is 10.7. The van der Waals surface area contributed by atoms with E-state index in [4.69, 9.17) is 4.42 Å². The Kier molecular flexibility index (Phi) is 3.47. The first-order chi connectivity index (χ1) is 7.25. The smallest absolute Gasteiger partial charge is 0.120 e. The molecule has 1 N–H and O–H groups in total. The molecule has 0 aliphatic heterocycles. The zero-order valence-electron chi connectivity index (χ0n) is 9.75. The van der Waals surface area contributed by atoms with Crippen LogP contribution in [0.4, 0.5) is 0 Å². The second kappa shape index (κ2) is 4.84. The van der Waals surface area contributed by atoms with Crippen molar-refractivity contribution < 1.29 is 4.42 Å². The van der Waals surface area contributed by atoms with Crippen LogP contribution in [0.2, 0.25) is 0 Å². The minimum atomic E-state index is 0.879. The topological polar surface area (TPSA) is 25.2 Å². The van der Waals surface area contributed by atoms with Gasteiger partial charge in [0.05, 0.1) is 12.8 Å². The summed E-state index contributed by atoms with van der Waals surface area (Å²) in [5.41, 5.74) is 1.25. The van der Waals surface area contributed by atoms with Crippen LogP contribution in [0.5, 0.6) is 0 Å². The minimum absolute atomic E-state index is 0.879. The largest absolute Gasteiger partial charge is 0.468 e. The molecule has 2 nitrogen and oxygen atoms in total. The molecule has 84 valence electrons. The molecule has 1 saturated carbocycles. The highest BCUT2D eigenvalue weighted by atomic mass is 16.3. The van der Waals surface area contributed by atoms with Crippen molar-refractivity contribution in [1.29, 1.82) is 0 Å². The minimum Gasteiger partial charge on any atom is -0.468 e. The molecule has 2 unspecified atom stereocenters. The van der Waals surface area contributed by atoms with Gasteiger partial charge in [-0.25, -0.2) is 0 Å². The van der Waals surface area contributed by atoms with Crippen LogP contribution in [-0.4, -0.2) is 6.54 Å². The van der Waals surface area contributed by atoms with Crippen LogP contribution in [0.1, 0.15) is 37.5 Å². The first-order valence-electron chi connectivity index (χ1n) is 5.99. The summed E-state index contributed by atoms with van der Waals surface area (Å²) in [5, 5.41) is 3.50. The molecule has 0 aromatic carbocycles. The van der Waals surface area contributed by atoms with E-state index < -0.39 is 0 Å². The van der Waals surface area contributed by atoms with Crippen LogP contribution in [-0.2, 0) is 6.54 Å². The lowest BCUT2D eigenvalue weighted by molar-refractivity contribution is 0.434. The molecule has 1 aromatic heterocycles. The number of furan rings is 1. The van der Waals surface area contributed by atoms with Crippen molar-refractivity contribution in [2.24, 2.45) is 11.8 Å². The fourth-order valence-corrected chi connectivity index (χ4v) is 2.49. The summed E-state index contributed by atoms with van der Waals surface area (Å²) in [7, 11) is 0. The number of aryl methyl sites for hydroxylation is 1. The normalized spacial score (nSPS) is 26.0. The molecule has 0 radical (unpaired) electrons. The third kappa shape index (κ3) is 2.85. The molecule has 0 spiro atoms. The Morgan fingerprint density at radius 3 is 2.93 bits per heavy atom. The predicted octanol–water partition coefficient (Wildman–Crippen LogP) is 3.11. The standard InChI is InChI=1S/C13H21NO/c1-10-3-4-12(7-10)8-14-9-13-11(2)5-6-15-13/h5-6,10,12,14H,3-4,7-9H2,1-2H3. The second-order valence-corrected chi connectivity index (χ2v) is 4.94. The zero-order valence-corrected chi connectivity index (χ0v) is 9.75. The van der Waals surface area contributed by atoms with E-state index in [0.29, 0.717) is 0 Å². The molecular formula is C13H21NO. The molecule has 0 saturated heterocycles. The zero-order chi connectivity index (χ0) is 10.7. The van der Waals surface area contributed by atoms with Crippen LogP contribution in [0, 0.1) is 18.8 Å². The van der Waals surface area contributed by atoms with Gasteiger partial charge in [0.1, 0.15) is 5.76 Å². The molecule has 2 rings (SSSR count). The fraction of sp³-hybridized carbons (Fsp3) is 0.692. The summed E-state index contributed by atoms with van der Waals surface area (Å²) in [4.78, 5) is 0. The van der Waals surface area contributed by atoms with Crippen LogP contribution in [0.25, 0.3) is 0 Å². The van der Waals surface area contributed by atoms with E-state index >= 15 is 0 Å². The molecule has 2 heteroatoms. The second-order valence-electron chi connectivity index (χ2n) is 4.94. The van der Waals surface area contributed by atoms with E-state index in [1.54, 1.807) is 6.26 Å². The Hall–Kier alpha value is -0.760. The van der Waals surface area contributed by atoms with Crippen molar-refractivity contribution in [3.8, 4) is 0 Å². The van der Waals surface area contributed by atoms with Gasteiger partial charge in [-0.3, -0.25) is 0 Å². The highest BCUT2D eigenvalue weighted by Gasteiger charge is 2.20. The maximum atomic E-state index is 5.39. The highest BCUT2D eigenvalue weighted by Crippen LogP contribution is 2.29. The number of nitrogens with one attached hydrogen (secondary N) is 1. The molecule has 1 heterocycles. The fourth-order valence-electron chi connectivity index (χ4n) is 2.49. The predicted molar refractivity (Wildman–Crippen MR) is 61.7 cm³/mol. The summed E-state index contributed by atoms with van der Waals surface area (Å²) < 4.78 is 5.39. The lowest BCUT2D eigenvalue weighted by Crippen LogP contribution is -2.21. The summed E-state index contributed by atoms with van der Waals surface area (Å²) in [5.74, 6) is 2.90. The molecule has 1 aromatic rings. The molecule has 0 bridgehead atoms. The van der Waals surface area contributed by atoms with Gasteiger partial charge in [-0.15, -0.1) is 0 Å². The van der Waals surface area contributed by atoms with Gasteiger partial charge in [-0.05, 0) is 49.8 Å². The lowest BCUT2D eigenvalue weighted by atomic mass is 10.1. The molecule has 2 atom stereocenters. The van der Waals surface area contributed by atoms with E-state index in [1.807, 2.05) is 6.07 Å². The Labute approximate surface area is 92.1 Å². The summed E-state index contributed by atoms with van der Waals surface area (Å²) >= 11 is 0. The van der Waals surface area contributed by atoms with Gasteiger partial charge in [0, 0.05) is 0 Å². The molecule has 1 fully saturated rings. The molecule has 1 aliphatic carbocycles. The maximum Gasteiger partial charge on any atom is 0.120 e. The average Bonchev–Trinajstić information content (AvgIpc) is 2.77. The number of hydrogen-bond donors (Lipinski definition) is 1. The monoisotopic (exact) mass is 207 g/mol. The summed E-state index contributed by atoms with van der Waals surface area (Å²) in [6.07, 6.45) is 5.96. The molecule has 15 heavy (non-hydrogen) atoms. The van der Waals surface area contributed by atoms with Crippen molar-refractivity contribution in [2.45, 2.75) is 39.7 Å². The van der Waals surface area contributed by atoms with Gasteiger partial charge >= 0.3 is 0 Å². The molecular weight excluding hydrogens is 186 g/mol. The number of rotatable bonds is 4. The molecule has 1 aliphatic rings. The summed E-state index contributed by atoms with van der Waals surface area (Å²) in [6.45, 7) is 6.48. The van der Waals surface area contributed by atoms with Crippen molar-refractivity contribution in [3.63, 3.8) is 0 Å². The van der Waals surface area contributed by atoms with Gasteiger partial charge in [0.25, 0.3) is 0 Å². The summed E-state index contributed by atoms with van der Waals surface area (Å²) in [6, 6.07) is 2.02. The Bertz CT molecular complexity index is 305. The maximum absolute atomic E-state index is 5.39. The van der Waals surface area contributed by atoms with E-state index in [2.05, 4.69) is 19.2 Å². The number of hydrogen-bond acceptors (Lipinski definition) is 2. The van der Waals surface area contributed by atoms with E-state index in [1.165, 1.54) is 24.8 Å². The van der Waals surface area contributed by atoms with Crippen LogP contribution in [0.3, 0.4) is 0 Å². The van der Waals surface area contributed by atoms with Crippen molar-refractivity contribution in [1.82, 2.24) is 5.32 Å². The van der Waals surface area contributed by atoms with E-state index in [0.717, 1.165) is 30.7 Å². The van der Waals surface area contributed by atoms with E-state index in [9.17, 15) is 0 Å². The molecule has 0 amide bonds. The van der Waals surface area contributed by atoms with Crippen LogP contribution < -0.4 is 5.32 Å². The van der Waals surface area contributed by atoms with Gasteiger partial charge in [-0.2, -0.15) is 0 Å². The quantitative estimate of drug-likeness (QED) is 0.820. The van der Waals surface area contributed by atoms with Crippen molar-refractivity contribution in [3.05, 3.63) is 23.7 Å². The third-order valence-electron chi connectivity index (χ3n) is 3.49. The van der Waals surface area contributed by atoms with Crippen molar-refractivity contribution in [2.75, 3.05) is 6.54 Å².